The lowest BCUT2D eigenvalue weighted by molar-refractivity contribution is 0.243. The Morgan fingerprint density at radius 1 is 1.00 bits per heavy atom. The molecule has 14 heavy (non-hydrogen) atoms. The summed E-state index contributed by atoms with van der Waals surface area (Å²) in [6.45, 7) is 11.1. The Balaban J connectivity index is 0. The Morgan fingerprint density at radius 3 is 1.50 bits per heavy atom. The maximum Gasteiger partial charge on any atom is 0.319 e. The largest absolute Gasteiger partial charge is 0.319 e. The zero-order valence-corrected chi connectivity index (χ0v) is 11.0. The highest BCUT2D eigenvalue weighted by Crippen LogP contribution is 2.21. The fourth-order valence-electron chi connectivity index (χ4n) is 0.501. The summed E-state index contributed by atoms with van der Waals surface area (Å²) in [6, 6.07) is 0. The van der Waals surface area contributed by atoms with Gasteiger partial charge in [0.25, 0.3) is 0 Å². The van der Waals surface area contributed by atoms with Crippen LogP contribution in [0.2, 0.25) is 0 Å². The molecule has 0 aliphatic carbocycles. The van der Waals surface area contributed by atoms with Gasteiger partial charge in [0.2, 0.25) is 0 Å². The Bertz CT molecular complexity index is 121. The molecule has 0 unspecified atom stereocenters. The summed E-state index contributed by atoms with van der Waals surface area (Å²) in [7, 11) is -0.0303. The third-order valence-electron chi connectivity index (χ3n) is 1.60. The molecule has 5 heteroatoms. The fourth-order valence-corrected chi connectivity index (χ4v) is 1.06. The second kappa shape index (κ2) is 13.1. The van der Waals surface area contributed by atoms with Gasteiger partial charge in [-0.15, -0.1) is 0 Å². The van der Waals surface area contributed by atoms with E-state index in [1.807, 2.05) is 0 Å². The molecule has 0 amide bonds. The third-order valence-corrected chi connectivity index (χ3v) is 2.65. The smallest absolute Gasteiger partial charge is 0.311 e. The van der Waals surface area contributed by atoms with Crippen molar-refractivity contribution >= 4 is 8.25 Å². The first-order valence-electron chi connectivity index (χ1n) is 5.10. The topological polar surface area (TPSA) is 38.8 Å². The van der Waals surface area contributed by atoms with Crippen LogP contribution in [0.4, 0.5) is 0 Å². The molecule has 88 valence electrons. The van der Waals surface area contributed by atoms with E-state index in [1.54, 1.807) is 13.8 Å². The molecule has 0 rings (SSSR count). The van der Waals surface area contributed by atoms with Crippen molar-refractivity contribution in [2.45, 2.75) is 27.7 Å². The Kier molecular flexibility index (Phi) is 15.5. The second-order valence-electron chi connectivity index (χ2n) is 2.60. The van der Waals surface area contributed by atoms with Gasteiger partial charge in [-0.3, -0.25) is 4.57 Å². The summed E-state index contributed by atoms with van der Waals surface area (Å²) in [6.07, 6.45) is 0. The lowest BCUT2D eigenvalue weighted by Gasteiger charge is -2.07. The van der Waals surface area contributed by atoms with E-state index in [2.05, 4.69) is 34.8 Å². The lowest BCUT2D eigenvalue weighted by atomic mass is 10.6. The van der Waals surface area contributed by atoms with Crippen molar-refractivity contribution in [1.29, 1.82) is 0 Å². The highest BCUT2D eigenvalue weighted by atomic mass is 31.1. The molecule has 0 atom stereocenters. The zero-order valence-electron chi connectivity index (χ0n) is 10.0. The van der Waals surface area contributed by atoms with Crippen LogP contribution < -0.4 is 0 Å². The third kappa shape index (κ3) is 14.6. The first-order valence-corrected chi connectivity index (χ1v) is 6.32. The van der Waals surface area contributed by atoms with E-state index >= 15 is 0 Å². The first kappa shape index (κ1) is 16.5. The van der Waals surface area contributed by atoms with E-state index in [4.69, 9.17) is 0 Å². The summed E-state index contributed by atoms with van der Waals surface area (Å²) in [4.78, 5) is 2.25. The summed E-state index contributed by atoms with van der Waals surface area (Å²) in [5, 5.41) is 0. The van der Waals surface area contributed by atoms with Crippen LogP contribution in [0, 0.1) is 0 Å². The van der Waals surface area contributed by atoms with Gasteiger partial charge in [-0.1, -0.05) is 13.8 Å². The van der Waals surface area contributed by atoms with Crippen LogP contribution in [0.1, 0.15) is 27.7 Å². The second-order valence-corrected chi connectivity index (χ2v) is 3.68. The Hall–Kier alpha value is 0.110. The van der Waals surface area contributed by atoms with Crippen molar-refractivity contribution < 1.29 is 13.6 Å². The van der Waals surface area contributed by atoms with Gasteiger partial charge < -0.3 is 13.9 Å². The highest BCUT2D eigenvalue weighted by Gasteiger charge is 1.91. The van der Waals surface area contributed by atoms with Crippen molar-refractivity contribution in [3.63, 3.8) is 0 Å². The minimum absolute atomic E-state index is 0.456. The molecule has 4 nitrogen and oxygen atoms in total. The molecule has 0 spiro atoms. The summed E-state index contributed by atoms with van der Waals surface area (Å²) in [5.41, 5.74) is 0. The molecular formula is C9H24NO3P. The molecule has 0 radical (unpaired) electrons. The van der Waals surface area contributed by atoms with Crippen molar-refractivity contribution in [3.8, 4) is 0 Å². The molecule has 0 saturated heterocycles. The Labute approximate surface area is 88.5 Å². The van der Waals surface area contributed by atoms with Gasteiger partial charge in [0.15, 0.2) is 0 Å². The summed E-state index contributed by atoms with van der Waals surface area (Å²) < 4.78 is 19.6. The molecule has 0 aliphatic rings. The first-order chi connectivity index (χ1) is 6.62. The van der Waals surface area contributed by atoms with Gasteiger partial charge in [-0.05, 0) is 34.0 Å². The van der Waals surface area contributed by atoms with Crippen LogP contribution in [-0.4, -0.2) is 38.3 Å². The lowest BCUT2D eigenvalue weighted by Crippen LogP contribution is -2.15. The minimum atomic E-state index is -2.14. The van der Waals surface area contributed by atoms with Crippen molar-refractivity contribution in [1.82, 2.24) is 4.90 Å². The average Bonchev–Trinajstić information content (AvgIpc) is 2.18. The predicted molar refractivity (Wildman–Crippen MR) is 61.1 cm³/mol. The number of rotatable bonds is 6. The maximum atomic E-state index is 10.4. The van der Waals surface area contributed by atoms with E-state index in [0.29, 0.717) is 13.2 Å². The van der Waals surface area contributed by atoms with Crippen molar-refractivity contribution in [2.24, 2.45) is 0 Å². The van der Waals surface area contributed by atoms with E-state index in [-0.39, 0.29) is 0 Å². The molecule has 0 fully saturated rings. The van der Waals surface area contributed by atoms with E-state index in [9.17, 15) is 4.57 Å². The molecule has 0 saturated carbocycles. The molecule has 0 aromatic carbocycles. The predicted octanol–water partition coefficient (Wildman–Crippen LogP) is 2.41. The van der Waals surface area contributed by atoms with Crippen molar-refractivity contribution in [2.75, 3.05) is 33.4 Å². The van der Waals surface area contributed by atoms with Crippen LogP contribution in [0.3, 0.4) is 0 Å². The maximum absolute atomic E-state index is 10.4. The van der Waals surface area contributed by atoms with Crippen molar-refractivity contribution in [3.05, 3.63) is 0 Å². The van der Waals surface area contributed by atoms with Gasteiger partial charge >= 0.3 is 8.25 Å². The normalized spacial score (nSPS) is 10.2. The summed E-state index contributed by atoms with van der Waals surface area (Å²) >= 11 is 0. The average molecular weight is 225 g/mol. The number of hydrogen-bond acceptors (Lipinski definition) is 4. The molecule has 0 aromatic rings. The molecule has 0 bridgehead atoms. The van der Waals surface area contributed by atoms with E-state index in [1.165, 1.54) is 0 Å². The standard InChI is InChI=1S/C5H13N.C4H11O3P/c1-4-6(3)5-2;1-3-6-8(5)7-4-2/h4-5H2,1-3H3;8H,3-4H2,1-2H3. The monoisotopic (exact) mass is 225 g/mol. The van der Waals surface area contributed by atoms with E-state index < -0.39 is 8.25 Å². The van der Waals surface area contributed by atoms with Gasteiger partial charge in [-0.2, -0.15) is 0 Å². The molecule has 0 aromatic heterocycles. The molecule has 0 aliphatic heterocycles. The highest BCUT2D eigenvalue weighted by molar-refractivity contribution is 7.33. The van der Waals surface area contributed by atoms with Gasteiger partial charge in [-0.25, -0.2) is 0 Å². The quantitative estimate of drug-likeness (QED) is 0.651. The SMILES string of the molecule is CCN(C)CC.CCO[PH](=O)OCC. The van der Waals surface area contributed by atoms with Crippen LogP contribution in [0.25, 0.3) is 0 Å². The number of nitrogens with zero attached hydrogens (tertiary/aromatic N) is 1. The number of hydrogen-bond donors (Lipinski definition) is 0. The van der Waals surface area contributed by atoms with Crippen LogP contribution in [-0.2, 0) is 13.6 Å². The zero-order chi connectivity index (χ0) is 11.4. The molecular weight excluding hydrogens is 201 g/mol. The Morgan fingerprint density at radius 2 is 1.36 bits per heavy atom. The van der Waals surface area contributed by atoms with E-state index in [0.717, 1.165) is 13.1 Å². The molecule has 0 heterocycles. The van der Waals surface area contributed by atoms with Crippen LogP contribution >= 0.6 is 8.25 Å². The summed E-state index contributed by atoms with van der Waals surface area (Å²) in [5.74, 6) is 0. The van der Waals surface area contributed by atoms with Crippen LogP contribution in [0.5, 0.6) is 0 Å². The van der Waals surface area contributed by atoms with Crippen LogP contribution in [0.15, 0.2) is 0 Å². The van der Waals surface area contributed by atoms with Gasteiger partial charge in [0, 0.05) is 0 Å². The van der Waals surface area contributed by atoms with Gasteiger partial charge in [0.05, 0.1) is 13.2 Å². The molecule has 0 N–H and O–H groups in total. The fraction of sp³-hybridized carbons (Fsp3) is 1.00. The van der Waals surface area contributed by atoms with Gasteiger partial charge in [0.1, 0.15) is 0 Å². The minimum Gasteiger partial charge on any atom is -0.311 e.